The Hall–Kier alpha value is -2.60. The Morgan fingerprint density at radius 3 is 2.73 bits per heavy atom. The van der Waals surface area contributed by atoms with Crippen molar-refractivity contribution in [1.29, 1.82) is 0 Å². The van der Waals surface area contributed by atoms with Gasteiger partial charge in [-0.25, -0.2) is 4.79 Å². The zero-order valence-electron chi connectivity index (χ0n) is 17.4. The van der Waals surface area contributed by atoms with Gasteiger partial charge in [0.25, 0.3) is 0 Å². The van der Waals surface area contributed by atoms with Gasteiger partial charge in [0, 0.05) is 27.6 Å². The molecule has 0 saturated heterocycles. The summed E-state index contributed by atoms with van der Waals surface area (Å²) in [5.41, 5.74) is 2.78. The Morgan fingerprint density at radius 2 is 2.07 bits per heavy atom. The van der Waals surface area contributed by atoms with Crippen molar-refractivity contribution in [1.82, 2.24) is 4.57 Å². The molecule has 5 rings (SSSR count). The molecule has 2 aliphatic rings. The largest absolute Gasteiger partial charge is 0.494 e. The Labute approximate surface area is 178 Å². The first-order valence-corrected chi connectivity index (χ1v) is 11.2. The van der Waals surface area contributed by atoms with Gasteiger partial charge in [-0.3, -0.25) is 4.79 Å². The van der Waals surface area contributed by atoms with Crippen molar-refractivity contribution in [2.75, 3.05) is 7.11 Å². The van der Waals surface area contributed by atoms with Crippen LogP contribution in [0.4, 0.5) is 0 Å². The molecule has 6 heteroatoms. The van der Waals surface area contributed by atoms with Crippen LogP contribution in [0.25, 0.3) is 21.3 Å². The molecule has 0 aliphatic heterocycles. The number of ether oxygens (including phenoxy) is 1. The molecule has 0 radical (unpaired) electrons. The van der Waals surface area contributed by atoms with Crippen LogP contribution in [0.2, 0.25) is 0 Å². The summed E-state index contributed by atoms with van der Waals surface area (Å²) in [6, 6.07) is 6.16. The van der Waals surface area contributed by atoms with E-state index in [2.05, 4.69) is 19.9 Å². The number of fused-ring (bicyclic) bond motifs is 2. The highest BCUT2D eigenvalue weighted by molar-refractivity contribution is 7.15. The second-order valence-electron chi connectivity index (χ2n) is 9.26. The van der Waals surface area contributed by atoms with Gasteiger partial charge in [-0.2, -0.15) is 0 Å². The smallest absolute Gasteiger partial charge is 0.341 e. The minimum Gasteiger partial charge on any atom is -0.494 e. The maximum absolute atomic E-state index is 12.9. The number of carboxylic acids is 1. The molecule has 0 spiro atoms. The molecule has 3 aromatic rings. The molecule has 1 fully saturated rings. The van der Waals surface area contributed by atoms with E-state index >= 15 is 0 Å². The van der Waals surface area contributed by atoms with Crippen LogP contribution in [0.5, 0.6) is 5.75 Å². The third-order valence-electron chi connectivity index (χ3n) is 6.39. The minimum absolute atomic E-state index is 0.182. The number of thiophene rings is 1. The highest BCUT2D eigenvalue weighted by Crippen LogP contribution is 2.46. The van der Waals surface area contributed by atoms with E-state index in [9.17, 15) is 14.7 Å². The maximum atomic E-state index is 12.9. The summed E-state index contributed by atoms with van der Waals surface area (Å²) >= 11 is 1.81. The van der Waals surface area contributed by atoms with Crippen molar-refractivity contribution in [3.63, 3.8) is 0 Å². The fourth-order valence-electron chi connectivity index (χ4n) is 4.57. The van der Waals surface area contributed by atoms with E-state index in [1.54, 1.807) is 13.2 Å². The monoisotopic (exact) mass is 423 g/mol. The van der Waals surface area contributed by atoms with Crippen LogP contribution in [0, 0.1) is 5.41 Å². The number of methoxy groups -OCH3 is 1. The second kappa shape index (κ2) is 6.71. The van der Waals surface area contributed by atoms with Gasteiger partial charge in [0.1, 0.15) is 5.56 Å². The number of hydrogen-bond acceptors (Lipinski definition) is 4. The van der Waals surface area contributed by atoms with Crippen molar-refractivity contribution in [2.24, 2.45) is 5.41 Å². The number of benzene rings is 1. The molecule has 30 heavy (non-hydrogen) atoms. The van der Waals surface area contributed by atoms with E-state index in [0.717, 1.165) is 36.1 Å². The molecule has 0 bridgehead atoms. The van der Waals surface area contributed by atoms with Gasteiger partial charge in [-0.1, -0.05) is 13.8 Å². The standard InChI is InChI=1S/C24H25NO4S/c1-24(2)9-8-13-10-18(30-19(13)11-24)15-6-7-16-20(22(15)29-3)25(14-4-5-14)12-17(21(16)26)23(27)28/h6-7,10,12,14H,4-5,8-9,11H2,1-3H3,(H,27,28). The molecule has 0 amide bonds. The van der Waals surface area contributed by atoms with Gasteiger partial charge in [0.15, 0.2) is 5.75 Å². The van der Waals surface area contributed by atoms with Crippen LogP contribution in [-0.4, -0.2) is 22.8 Å². The Balaban J connectivity index is 1.75. The van der Waals surface area contributed by atoms with Crippen molar-refractivity contribution in [2.45, 2.75) is 52.0 Å². The number of aryl methyl sites for hydroxylation is 1. The molecule has 1 N–H and O–H groups in total. The van der Waals surface area contributed by atoms with E-state index in [-0.39, 0.29) is 11.6 Å². The summed E-state index contributed by atoms with van der Waals surface area (Å²) in [6.07, 6.45) is 6.81. The Bertz CT molecular complexity index is 1250. The first-order valence-electron chi connectivity index (χ1n) is 10.4. The van der Waals surface area contributed by atoms with Crippen molar-refractivity contribution in [3.8, 4) is 16.2 Å². The number of rotatable bonds is 4. The van der Waals surface area contributed by atoms with E-state index in [0.29, 0.717) is 22.1 Å². The zero-order valence-corrected chi connectivity index (χ0v) is 18.3. The molecule has 2 aromatic heterocycles. The van der Waals surface area contributed by atoms with Gasteiger partial charge in [-0.05, 0) is 61.3 Å². The summed E-state index contributed by atoms with van der Waals surface area (Å²) < 4.78 is 7.80. The summed E-state index contributed by atoms with van der Waals surface area (Å²) in [5, 5.41) is 9.91. The zero-order chi connectivity index (χ0) is 21.2. The van der Waals surface area contributed by atoms with Crippen molar-refractivity contribution < 1.29 is 14.6 Å². The number of aromatic nitrogens is 1. The molecule has 0 unspecified atom stereocenters. The summed E-state index contributed by atoms with van der Waals surface area (Å²) in [7, 11) is 1.63. The molecule has 2 aliphatic carbocycles. The quantitative estimate of drug-likeness (QED) is 0.619. The predicted molar refractivity (Wildman–Crippen MR) is 119 cm³/mol. The average Bonchev–Trinajstić information content (AvgIpc) is 3.46. The minimum atomic E-state index is -1.19. The second-order valence-corrected chi connectivity index (χ2v) is 10.4. The highest BCUT2D eigenvalue weighted by atomic mass is 32.1. The number of carbonyl (C=O) groups is 1. The third-order valence-corrected chi connectivity index (χ3v) is 7.60. The first-order chi connectivity index (χ1) is 14.3. The molecule has 1 saturated carbocycles. The lowest BCUT2D eigenvalue weighted by molar-refractivity contribution is 0.0695. The first kappa shape index (κ1) is 19.4. The van der Waals surface area contributed by atoms with Crippen LogP contribution >= 0.6 is 11.3 Å². The maximum Gasteiger partial charge on any atom is 0.341 e. The number of aromatic carboxylic acids is 1. The molecular weight excluding hydrogens is 398 g/mol. The van der Waals surface area contributed by atoms with Gasteiger partial charge in [0.05, 0.1) is 18.0 Å². The number of hydrogen-bond donors (Lipinski definition) is 1. The Kier molecular flexibility index (Phi) is 4.33. The van der Waals surface area contributed by atoms with Gasteiger partial charge < -0.3 is 14.4 Å². The summed E-state index contributed by atoms with van der Waals surface area (Å²) in [5.74, 6) is -0.529. The lowest BCUT2D eigenvalue weighted by atomic mass is 9.78. The molecule has 0 atom stereocenters. The fraction of sp³-hybridized carbons (Fsp3) is 0.417. The molecule has 2 heterocycles. The number of carboxylic acid groups (broad SMARTS) is 1. The summed E-state index contributed by atoms with van der Waals surface area (Å²) in [6.45, 7) is 4.64. The molecule has 5 nitrogen and oxygen atoms in total. The number of pyridine rings is 1. The topological polar surface area (TPSA) is 68.5 Å². The number of nitrogens with zero attached hydrogens (tertiary/aromatic N) is 1. The van der Waals surface area contributed by atoms with E-state index in [4.69, 9.17) is 4.74 Å². The highest BCUT2D eigenvalue weighted by Gasteiger charge is 2.31. The fourth-order valence-corrected chi connectivity index (χ4v) is 6.06. The SMILES string of the molecule is COc1c(-c2cc3c(s2)CC(C)(C)CC3)ccc2c(=O)c(C(=O)O)cn(C3CC3)c12. The lowest BCUT2D eigenvalue weighted by Crippen LogP contribution is -2.20. The van der Waals surface area contributed by atoms with Crippen LogP contribution < -0.4 is 10.2 Å². The third kappa shape index (κ3) is 3.05. The van der Waals surface area contributed by atoms with Gasteiger partial charge in [0.2, 0.25) is 5.43 Å². The van der Waals surface area contributed by atoms with Crippen LogP contribution in [0.3, 0.4) is 0 Å². The predicted octanol–water partition coefficient (Wildman–Crippen LogP) is 5.29. The Morgan fingerprint density at radius 1 is 1.30 bits per heavy atom. The average molecular weight is 424 g/mol. The van der Waals surface area contributed by atoms with Crippen molar-refractivity contribution in [3.05, 3.63) is 50.6 Å². The van der Waals surface area contributed by atoms with E-state index in [1.165, 1.54) is 23.1 Å². The molecular formula is C24H25NO4S. The van der Waals surface area contributed by atoms with E-state index < -0.39 is 11.4 Å². The normalized spacial score (nSPS) is 17.7. The van der Waals surface area contributed by atoms with Crippen molar-refractivity contribution >= 4 is 28.2 Å². The molecule has 156 valence electrons. The molecule has 1 aromatic carbocycles. The van der Waals surface area contributed by atoms with Gasteiger partial charge >= 0.3 is 5.97 Å². The van der Waals surface area contributed by atoms with Crippen LogP contribution in [-0.2, 0) is 12.8 Å². The lowest BCUT2D eigenvalue weighted by Gasteiger charge is -2.28. The van der Waals surface area contributed by atoms with Crippen LogP contribution in [0.1, 0.15) is 60.0 Å². The van der Waals surface area contributed by atoms with Gasteiger partial charge in [-0.15, -0.1) is 11.3 Å². The van der Waals surface area contributed by atoms with Crippen LogP contribution in [0.15, 0.2) is 29.2 Å². The summed E-state index contributed by atoms with van der Waals surface area (Å²) in [4.78, 5) is 27.1. The van der Waals surface area contributed by atoms with E-state index in [1.807, 2.05) is 22.0 Å².